The molecule has 2 rings (SSSR count). The number of nitrogens with one attached hydrogen (secondary N) is 1. The largest absolute Gasteiger partial charge is 0.493 e. The predicted molar refractivity (Wildman–Crippen MR) is 95.2 cm³/mol. The van der Waals surface area contributed by atoms with Gasteiger partial charge in [-0.25, -0.2) is 0 Å². The van der Waals surface area contributed by atoms with E-state index in [0.29, 0.717) is 30.0 Å². The first-order valence-electron chi connectivity index (χ1n) is 8.11. The maximum atomic E-state index is 12.5. The molecule has 0 spiro atoms. The molecule has 0 aromatic heterocycles. The van der Waals surface area contributed by atoms with E-state index in [1.165, 1.54) is 33.5 Å². The number of rotatable bonds is 9. The van der Waals surface area contributed by atoms with Crippen molar-refractivity contribution < 1.29 is 32.5 Å². The Bertz CT molecular complexity index is 765. The molecule has 146 valence electrons. The first kappa shape index (κ1) is 20.3. The van der Waals surface area contributed by atoms with Gasteiger partial charge in [-0.15, -0.1) is 0 Å². The van der Waals surface area contributed by atoms with Gasteiger partial charge < -0.3 is 24.3 Å². The van der Waals surface area contributed by atoms with Crippen molar-refractivity contribution in [3.8, 4) is 23.0 Å². The Kier molecular flexibility index (Phi) is 7.22. The topological polar surface area (TPSA) is 66.0 Å². The van der Waals surface area contributed by atoms with Crippen molar-refractivity contribution in [2.45, 2.75) is 13.0 Å². The standard InChI is InChI=1S/C19H21F2NO5/c1-24-15-9-8-14(16(25-2)17(15)26-3)18(23)22-11-10-12-4-6-13(7-5-12)27-19(20)21/h4-9,19H,10-11H2,1-3H3,(H,22,23). The first-order chi connectivity index (χ1) is 13.0. The van der Waals surface area contributed by atoms with E-state index in [-0.39, 0.29) is 17.4 Å². The van der Waals surface area contributed by atoms with Gasteiger partial charge in [-0.3, -0.25) is 4.79 Å². The van der Waals surface area contributed by atoms with E-state index in [1.807, 2.05) is 0 Å². The molecule has 0 radical (unpaired) electrons. The third-order valence-electron chi connectivity index (χ3n) is 3.80. The van der Waals surface area contributed by atoms with Crippen LogP contribution in [0.1, 0.15) is 15.9 Å². The van der Waals surface area contributed by atoms with E-state index in [1.54, 1.807) is 24.3 Å². The Morgan fingerprint density at radius 1 is 0.963 bits per heavy atom. The molecule has 27 heavy (non-hydrogen) atoms. The minimum atomic E-state index is -2.85. The van der Waals surface area contributed by atoms with Crippen LogP contribution in [-0.2, 0) is 6.42 Å². The minimum Gasteiger partial charge on any atom is -0.493 e. The molecule has 0 atom stereocenters. The molecule has 0 bridgehead atoms. The summed E-state index contributed by atoms with van der Waals surface area (Å²) < 4.78 is 44.3. The summed E-state index contributed by atoms with van der Waals surface area (Å²) in [6.07, 6.45) is 0.524. The number of amides is 1. The van der Waals surface area contributed by atoms with Crippen molar-refractivity contribution in [1.29, 1.82) is 0 Å². The lowest BCUT2D eigenvalue weighted by molar-refractivity contribution is -0.0498. The fourth-order valence-electron chi connectivity index (χ4n) is 2.53. The van der Waals surface area contributed by atoms with Crippen molar-refractivity contribution in [1.82, 2.24) is 5.32 Å². The number of halogens is 2. The van der Waals surface area contributed by atoms with Crippen molar-refractivity contribution in [2.24, 2.45) is 0 Å². The molecule has 0 saturated heterocycles. The second kappa shape index (κ2) is 9.61. The van der Waals surface area contributed by atoms with Crippen LogP contribution < -0.4 is 24.3 Å². The zero-order chi connectivity index (χ0) is 19.8. The lowest BCUT2D eigenvalue weighted by Gasteiger charge is -2.15. The number of hydrogen-bond acceptors (Lipinski definition) is 5. The van der Waals surface area contributed by atoms with Gasteiger partial charge in [0.2, 0.25) is 5.75 Å². The molecule has 8 heteroatoms. The third kappa shape index (κ3) is 5.22. The summed E-state index contributed by atoms with van der Waals surface area (Å²) in [7, 11) is 4.40. The SMILES string of the molecule is COc1ccc(C(=O)NCCc2ccc(OC(F)F)cc2)c(OC)c1OC. The van der Waals surface area contributed by atoms with Crippen molar-refractivity contribution in [3.63, 3.8) is 0 Å². The van der Waals surface area contributed by atoms with Crippen molar-refractivity contribution in [2.75, 3.05) is 27.9 Å². The fourth-order valence-corrected chi connectivity index (χ4v) is 2.53. The van der Waals surface area contributed by atoms with E-state index in [0.717, 1.165) is 5.56 Å². The zero-order valence-electron chi connectivity index (χ0n) is 15.3. The van der Waals surface area contributed by atoms with E-state index in [4.69, 9.17) is 14.2 Å². The molecular formula is C19H21F2NO5. The number of methoxy groups -OCH3 is 3. The maximum Gasteiger partial charge on any atom is 0.387 e. The van der Waals surface area contributed by atoms with Crippen LogP contribution in [0, 0.1) is 0 Å². The van der Waals surface area contributed by atoms with E-state index in [9.17, 15) is 13.6 Å². The lowest BCUT2D eigenvalue weighted by atomic mass is 10.1. The second-order valence-electron chi connectivity index (χ2n) is 5.41. The average molecular weight is 381 g/mol. The second-order valence-corrected chi connectivity index (χ2v) is 5.41. The summed E-state index contributed by atoms with van der Waals surface area (Å²) in [5.41, 5.74) is 1.19. The predicted octanol–water partition coefficient (Wildman–Crippen LogP) is 3.29. The van der Waals surface area contributed by atoms with E-state index >= 15 is 0 Å². The van der Waals surface area contributed by atoms with Gasteiger partial charge in [0, 0.05) is 6.54 Å². The quantitative estimate of drug-likeness (QED) is 0.722. The van der Waals surface area contributed by atoms with Crippen LogP contribution in [0.2, 0.25) is 0 Å². The lowest BCUT2D eigenvalue weighted by Crippen LogP contribution is -2.26. The van der Waals surface area contributed by atoms with Crippen LogP contribution in [0.4, 0.5) is 8.78 Å². The van der Waals surface area contributed by atoms with Crippen LogP contribution in [0.15, 0.2) is 36.4 Å². The Morgan fingerprint density at radius 3 is 2.19 bits per heavy atom. The molecule has 1 amide bonds. The fraction of sp³-hybridized carbons (Fsp3) is 0.316. The summed E-state index contributed by atoms with van der Waals surface area (Å²) in [6.45, 7) is -2.50. The van der Waals surface area contributed by atoms with Crippen LogP contribution in [0.3, 0.4) is 0 Å². The Balaban J connectivity index is 1.99. The molecule has 0 aliphatic carbocycles. The molecule has 0 aliphatic rings. The average Bonchev–Trinajstić information content (AvgIpc) is 2.67. The number of benzene rings is 2. The minimum absolute atomic E-state index is 0.0906. The van der Waals surface area contributed by atoms with Gasteiger partial charge in [0.15, 0.2) is 11.5 Å². The van der Waals surface area contributed by atoms with Gasteiger partial charge in [0.05, 0.1) is 26.9 Å². The molecule has 6 nitrogen and oxygen atoms in total. The summed E-state index contributed by atoms with van der Waals surface area (Å²) in [5.74, 6) is 0.834. The van der Waals surface area contributed by atoms with Gasteiger partial charge in [-0.2, -0.15) is 8.78 Å². The summed E-state index contributed by atoms with van der Waals surface area (Å²) in [5, 5.41) is 2.79. The molecule has 0 aliphatic heterocycles. The molecule has 0 fully saturated rings. The highest BCUT2D eigenvalue weighted by Crippen LogP contribution is 2.39. The molecular weight excluding hydrogens is 360 g/mol. The van der Waals surface area contributed by atoms with Crippen LogP contribution in [0.5, 0.6) is 23.0 Å². The number of carbonyl (C=O) groups excluding carboxylic acids is 1. The Hall–Kier alpha value is -3.03. The van der Waals surface area contributed by atoms with Gasteiger partial charge in [-0.05, 0) is 36.2 Å². The first-order valence-corrected chi connectivity index (χ1v) is 8.11. The zero-order valence-corrected chi connectivity index (χ0v) is 15.3. The van der Waals surface area contributed by atoms with Crippen LogP contribution in [-0.4, -0.2) is 40.4 Å². The monoisotopic (exact) mass is 381 g/mol. The van der Waals surface area contributed by atoms with Crippen LogP contribution in [0.25, 0.3) is 0 Å². The summed E-state index contributed by atoms with van der Waals surface area (Å²) in [4.78, 5) is 12.5. The molecule has 2 aromatic rings. The molecule has 0 heterocycles. The summed E-state index contributed by atoms with van der Waals surface area (Å²) >= 11 is 0. The number of ether oxygens (including phenoxy) is 4. The Labute approximate surface area is 156 Å². The third-order valence-corrected chi connectivity index (χ3v) is 3.80. The molecule has 2 aromatic carbocycles. The van der Waals surface area contributed by atoms with Gasteiger partial charge in [0.1, 0.15) is 5.75 Å². The highest BCUT2D eigenvalue weighted by molar-refractivity contribution is 5.98. The molecule has 1 N–H and O–H groups in total. The van der Waals surface area contributed by atoms with Gasteiger partial charge >= 0.3 is 6.61 Å². The highest BCUT2D eigenvalue weighted by atomic mass is 19.3. The molecule has 0 saturated carbocycles. The van der Waals surface area contributed by atoms with E-state index < -0.39 is 6.61 Å². The Morgan fingerprint density at radius 2 is 1.63 bits per heavy atom. The number of hydrogen-bond donors (Lipinski definition) is 1. The highest BCUT2D eigenvalue weighted by Gasteiger charge is 2.20. The summed E-state index contributed by atoms with van der Waals surface area (Å²) in [6, 6.07) is 9.47. The van der Waals surface area contributed by atoms with Gasteiger partial charge in [0.25, 0.3) is 5.91 Å². The van der Waals surface area contributed by atoms with Crippen LogP contribution >= 0.6 is 0 Å². The smallest absolute Gasteiger partial charge is 0.387 e. The number of carbonyl (C=O) groups is 1. The normalized spacial score (nSPS) is 10.4. The molecule has 0 unspecified atom stereocenters. The maximum absolute atomic E-state index is 12.5. The van der Waals surface area contributed by atoms with E-state index in [2.05, 4.69) is 10.1 Å². The van der Waals surface area contributed by atoms with Crippen molar-refractivity contribution >= 4 is 5.91 Å². The van der Waals surface area contributed by atoms with Crippen molar-refractivity contribution in [3.05, 3.63) is 47.5 Å². The van der Waals surface area contributed by atoms with Gasteiger partial charge in [-0.1, -0.05) is 12.1 Å². The number of alkyl halides is 2.